The fourth-order valence-electron chi connectivity index (χ4n) is 2.90. The normalized spacial score (nSPS) is 14.8. The summed E-state index contributed by atoms with van der Waals surface area (Å²) in [4.78, 5) is 37.9. The van der Waals surface area contributed by atoms with Crippen LogP contribution in [0, 0.1) is 5.92 Å². The van der Waals surface area contributed by atoms with Crippen LogP contribution in [0.4, 0.5) is 0 Å². The van der Waals surface area contributed by atoms with Crippen LogP contribution in [0.25, 0.3) is 0 Å². The molecule has 2 rings (SSSR count). The Balaban J connectivity index is 0.00000392. The molecule has 1 fully saturated rings. The van der Waals surface area contributed by atoms with Crippen LogP contribution in [0.15, 0.2) is 24.3 Å². The molecule has 0 spiro atoms. The number of hydrogen-bond acceptors (Lipinski definition) is 4. The van der Waals surface area contributed by atoms with Crippen LogP contribution in [0.3, 0.4) is 0 Å². The van der Waals surface area contributed by atoms with Crippen molar-refractivity contribution in [2.24, 2.45) is 11.7 Å². The van der Waals surface area contributed by atoms with Crippen LogP contribution >= 0.6 is 12.4 Å². The second-order valence-electron chi connectivity index (χ2n) is 7.31. The number of carbonyl (C=O) groups excluding carboxylic acids is 3. The van der Waals surface area contributed by atoms with E-state index in [-0.39, 0.29) is 42.6 Å². The molecule has 0 aliphatic carbocycles. The van der Waals surface area contributed by atoms with Crippen molar-refractivity contribution in [1.29, 1.82) is 0 Å². The summed E-state index contributed by atoms with van der Waals surface area (Å²) in [6.07, 6.45) is 3.31. The van der Waals surface area contributed by atoms with Gasteiger partial charge in [-0.1, -0.05) is 26.0 Å². The van der Waals surface area contributed by atoms with Gasteiger partial charge < -0.3 is 21.3 Å². The lowest BCUT2D eigenvalue weighted by atomic mass is 10.1. The van der Waals surface area contributed by atoms with Gasteiger partial charge in [-0.2, -0.15) is 0 Å². The Morgan fingerprint density at radius 3 is 2.21 bits per heavy atom. The maximum absolute atomic E-state index is 12.4. The van der Waals surface area contributed by atoms with Crippen molar-refractivity contribution < 1.29 is 14.4 Å². The van der Waals surface area contributed by atoms with Gasteiger partial charge in [0.2, 0.25) is 11.8 Å². The van der Waals surface area contributed by atoms with Crippen LogP contribution in [-0.4, -0.2) is 48.3 Å². The molecule has 1 aromatic carbocycles. The Kier molecular flexibility index (Phi) is 9.96. The minimum absolute atomic E-state index is 0. The minimum atomic E-state index is -0.622. The molecule has 1 aliphatic heterocycles. The lowest BCUT2D eigenvalue weighted by Gasteiger charge is -2.26. The van der Waals surface area contributed by atoms with Gasteiger partial charge in [-0.05, 0) is 42.9 Å². The van der Waals surface area contributed by atoms with E-state index in [1.54, 1.807) is 12.1 Å². The molecular weight excluding hydrogens is 380 g/mol. The van der Waals surface area contributed by atoms with E-state index >= 15 is 0 Å². The molecule has 1 aliphatic rings. The summed E-state index contributed by atoms with van der Waals surface area (Å²) in [5.74, 6) is -0.540. The van der Waals surface area contributed by atoms with E-state index < -0.39 is 6.04 Å². The third kappa shape index (κ3) is 7.13. The summed E-state index contributed by atoms with van der Waals surface area (Å²) in [7, 11) is 0. The third-order valence-electron chi connectivity index (χ3n) is 4.78. The second-order valence-corrected chi connectivity index (χ2v) is 7.31. The highest BCUT2D eigenvalue weighted by Gasteiger charge is 2.18. The van der Waals surface area contributed by atoms with Gasteiger partial charge >= 0.3 is 0 Å². The fourth-order valence-corrected chi connectivity index (χ4v) is 2.90. The summed E-state index contributed by atoms with van der Waals surface area (Å²) in [5.41, 5.74) is 7.29. The maximum Gasteiger partial charge on any atom is 0.253 e. The Bertz CT molecular complexity index is 658. The van der Waals surface area contributed by atoms with E-state index in [0.29, 0.717) is 12.1 Å². The number of piperidine rings is 1. The number of nitrogens with zero attached hydrogens (tertiary/aromatic N) is 1. The molecule has 0 saturated carbocycles. The average Bonchev–Trinajstić information content (AvgIpc) is 2.70. The summed E-state index contributed by atoms with van der Waals surface area (Å²) in [6, 6.07) is 6.64. The number of rotatable bonds is 7. The summed E-state index contributed by atoms with van der Waals surface area (Å²) in [6.45, 7) is 5.58. The molecule has 3 amide bonds. The van der Waals surface area contributed by atoms with E-state index in [9.17, 15) is 14.4 Å². The van der Waals surface area contributed by atoms with Crippen molar-refractivity contribution in [1.82, 2.24) is 15.5 Å². The van der Waals surface area contributed by atoms with Crippen LogP contribution in [0.2, 0.25) is 0 Å². The maximum atomic E-state index is 12.4. The van der Waals surface area contributed by atoms with E-state index in [2.05, 4.69) is 10.6 Å². The van der Waals surface area contributed by atoms with Crippen LogP contribution in [0.5, 0.6) is 0 Å². The molecule has 1 saturated heterocycles. The average molecular weight is 411 g/mol. The first kappa shape index (κ1) is 23.9. The van der Waals surface area contributed by atoms with Crippen molar-refractivity contribution in [2.75, 3.05) is 19.6 Å². The zero-order chi connectivity index (χ0) is 19.8. The van der Waals surface area contributed by atoms with Crippen molar-refractivity contribution >= 4 is 30.1 Å². The molecule has 4 N–H and O–H groups in total. The van der Waals surface area contributed by atoms with E-state index in [1.807, 2.05) is 30.9 Å². The summed E-state index contributed by atoms with van der Waals surface area (Å²) >= 11 is 0. The smallest absolute Gasteiger partial charge is 0.253 e. The molecule has 1 atom stereocenters. The third-order valence-corrected chi connectivity index (χ3v) is 4.78. The molecule has 0 aromatic heterocycles. The molecule has 7 nitrogen and oxygen atoms in total. The quantitative estimate of drug-likeness (QED) is 0.632. The molecule has 1 heterocycles. The zero-order valence-corrected chi connectivity index (χ0v) is 17.4. The highest BCUT2D eigenvalue weighted by atomic mass is 35.5. The topological polar surface area (TPSA) is 105 Å². The van der Waals surface area contributed by atoms with Gasteiger partial charge in [-0.15, -0.1) is 12.4 Å². The van der Waals surface area contributed by atoms with Crippen molar-refractivity contribution in [3.8, 4) is 0 Å². The number of amides is 3. The number of hydrogen-bond donors (Lipinski definition) is 3. The van der Waals surface area contributed by atoms with Crippen LogP contribution in [-0.2, 0) is 16.1 Å². The van der Waals surface area contributed by atoms with Crippen molar-refractivity contribution in [2.45, 2.75) is 45.7 Å². The van der Waals surface area contributed by atoms with Crippen molar-refractivity contribution in [3.05, 3.63) is 35.4 Å². The summed E-state index contributed by atoms with van der Waals surface area (Å²) in [5, 5.41) is 5.28. The molecule has 0 bridgehead atoms. The van der Waals surface area contributed by atoms with E-state index in [0.717, 1.165) is 31.5 Å². The fraction of sp³-hybridized carbons (Fsp3) is 0.550. The van der Waals surface area contributed by atoms with Gasteiger partial charge in [0.25, 0.3) is 5.91 Å². The number of nitrogens with two attached hydrogens (primary N) is 1. The summed E-state index contributed by atoms with van der Waals surface area (Å²) < 4.78 is 0. The van der Waals surface area contributed by atoms with Crippen LogP contribution < -0.4 is 16.4 Å². The first-order valence-electron chi connectivity index (χ1n) is 9.56. The zero-order valence-electron chi connectivity index (χ0n) is 16.6. The number of likely N-dealkylation sites (tertiary alicyclic amines) is 1. The Hall–Kier alpha value is -2.12. The molecule has 1 aromatic rings. The molecule has 0 radical (unpaired) electrons. The van der Waals surface area contributed by atoms with Gasteiger partial charge in [0, 0.05) is 25.2 Å². The standard InChI is InChI=1S/C20H30N4O3.ClH/c1-14(2)18(21)19(26)23-13-17(25)22-12-15-6-8-16(9-7-15)20(27)24-10-4-3-5-11-24;/h6-9,14,18H,3-5,10-13,21H2,1-2H3,(H,22,25)(H,23,26);1H/t18-;/m0./s1. The lowest BCUT2D eigenvalue weighted by Crippen LogP contribution is -2.47. The molecule has 156 valence electrons. The highest BCUT2D eigenvalue weighted by Crippen LogP contribution is 2.13. The SMILES string of the molecule is CC(C)[C@H](N)C(=O)NCC(=O)NCc1ccc(C(=O)N2CCCCC2)cc1.Cl. The Morgan fingerprint density at radius 1 is 1.04 bits per heavy atom. The predicted octanol–water partition coefficient (Wildman–Crippen LogP) is 1.45. The van der Waals surface area contributed by atoms with Gasteiger partial charge in [-0.3, -0.25) is 14.4 Å². The van der Waals surface area contributed by atoms with Crippen LogP contribution in [0.1, 0.15) is 49.0 Å². The number of nitrogens with one attached hydrogen (secondary N) is 2. The first-order chi connectivity index (χ1) is 12.9. The first-order valence-corrected chi connectivity index (χ1v) is 9.56. The van der Waals surface area contributed by atoms with E-state index in [4.69, 9.17) is 5.73 Å². The van der Waals surface area contributed by atoms with Gasteiger partial charge in [0.1, 0.15) is 0 Å². The molecule has 0 unspecified atom stereocenters. The Morgan fingerprint density at radius 2 is 1.64 bits per heavy atom. The number of benzene rings is 1. The van der Waals surface area contributed by atoms with Crippen molar-refractivity contribution in [3.63, 3.8) is 0 Å². The van der Waals surface area contributed by atoms with E-state index in [1.165, 1.54) is 6.42 Å². The molecule has 28 heavy (non-hydrogen) atoms. The predicted molar refractivity (Wildman–Crippen MR) is 111 cm³/mol. The van der Waals surface area contributed by atoms with Gasteiger partial charge in [0.05, 0.1) is 12.6 Å². The molecule has 8 heteroatoms. The largest absolute Gasteiger partial charge is 0.350 e. The highest BCUT2D eigenvalue weighted by molar-refractivity contribution is 5.94. The molecular formula is C20H31ClN4O3. The number of halogens is 1. The second kappa shape index (κ2) is 11.7. The minimum Gasteiger partial charge on any atom is -0.350 e. The van der Waals surface area contributed by atoms with Gasteiger partial charge in [0.15, 0.2) is 0 Å². The lowest BCUT2D eigenvalue weighted by molar-refractivity contribution is -0.127. The Labute approximate surface area is 172 Å². The number of carbonyl (C=O) groups is 3. The van der Waals surface area contributed by atoms with Gasteiger partial charge in [-0.25, -0.2) is 0 Å². The monoisotopic (exact) mass is 410 g/mol.